The molecular formula is C28H26BrFN4O5S. The standard InChI is InChI=1S/C28H26BrFN4O5S/c1-40(35,36)11-10-37-17-28(8-3-9-39-28)26-14-22-24(15-31-26)32-18-33-27(22)34-21-6-7-25(23(29)13-21)38-16-19-4-2-5-20(30)12-19/h2-7,9,12-15,18H,8,10-11,16-17H2,1H3,(H,32,33,34). The molecule has 4 aromatic rings. The molecule has 0 bridgehead atoms. The molecule has 9 nitrogen and oxygen atoms in total. The van der Waals surface area contributed by atoms with Crippen LogP contribution in [-0.2, 0) is 31.5 Å². The molecule has 1 aliphatic heterocycles. The molecule has 0 radical (unpaired) electrons. The number of sulfone groups is 1. The summed E-state index contributed by atoms with van der Waals surface area (Å²) in [7, 11) is -3.14. The van der Waals surface area contributed by atoms with E-state index >= 15 is 0 Å². The minimum Gasteiger partial charge on any atom is -0.488 e. The molecule has 1 atom stereocenters. The lowest BCUT2D eigenvalue weighted by Crippen LogP contribution is -2.33. The van der Waals surface area contributed by atoms with Crippen molar-refractivity contribution in [1.29, 1.82) is 0 Å². The predicted octanol–water partition coefficient (Wildman–Crippen LogP) is 5.44. The Morgan fingerprint density at radius 3 is 2.77 bits per heavy atom. The lowest BCUT2D eigenvalue weighted by Gasteiger charge is -2.28. The summed E-state index contributed by atoms with van der Waals surface area (Å²) in [6, 6.07) is 13.6. The van der Waals surface area contributed by atoms with Crippen LogP contribution < -0.4 is 10.1 Å². The maximum atomic E-state index is 13.5. The van der Waals surface area contributed by atoms with E-state index in [1.54, 1.807) is 24.6 Å². The van der Waals surface area contributed by atoms with Crippen LogP contribution in [0.2, 0.25) is 0 Å². The number of ether oxygens (including phenoxy) is 3. The molecule has 5 rings (SSSR count). The average molecular weight is 630 g/mol. The van der Waals surface area contributed by atoms with Gasteiger partial charge in [0.15, 0.2) is 5.60 Å². The largest absolute Gasteiger partial charge is 0.488 e. The van der Waals surface area contributed by atoms with Gasteiger partial charge in [0.2, 0.25) is 0 Å². The Balaban J connectivity index is 1.34. The van der Waals surface area contributed by atoms with Crippen molar-refractivity contribution >= 4 is 48.2 Å². The highest BCUT2D eigenvalue weighted by Gasteiger charge is 2.38. The summed E-state index contributed by atoms with van der Waals surface area (Å²) in [5.41, 5.74) is 1.84. The van der Waals surface area contributed by atoms with Crippen molar-refractivity contribution < 1.29 is 27.0 Å². The Kier molecular flexibility index (Phi) is 8.29. The number of hydrogen-bond acceptors (Lipinski definition) is 9. The predicted molar refractivity (Wildman–Crippen MR) is 153 cm³/mol. The van der Waals surface area contributed by atoms with E-state index in [2.05, 4.69) is 36.2 Å². The lowest BCUT2D eigenvalue weighted by atomic mass is 9.96. The summed E-state index contributed by atoms with van der Waals surface area (Å²) in [4.78, 5) is 13.4. The molecule has 3 heterocycles. The summed E-state index contributed by atoms with van der Waals surface area (Å²) in [5.74, 6) is 0.787. The SMILES string of the molecule is CS(=O)(=O)CCOCC1(c2cc3c(Nc4ccc(OCc5cccc(F)c5)c(Br)c4)ncnc3cn2)CC=CO1. The summed E-state index contributed by atoms with van der Waals surface area (Å²) in [6.07, 6.45) is 8.27. The Labute approximate surface area is 239 Å². The van der Waals surface area contributed by atoms with E-state index < -0.39 is 15.4 Å². The van der Waals surface area contributed by atoms with Crippen molar-refractivity contribution in [3.8, 4) is 5.75 Å². The maximum absolute atomic E-state index is 13.5. The Morgan fingerprint density at radius 2 is 2.02 bits per heavy atom. The van der Waals surface area contributed by atoms with Crippen LogP contribution in [-0.4, -0.2) is 48.6 Å². The van der Waals surface area contributed by atoms with E-state index in [9.17, 15) is 12.8 Å². The molecule has 0 saturated heterocycles. The third kappa shape index (κ3) is 6.75. The number of fused-ring (bicyclic) bond motifs is 1. The van der Waals surface area contributed by atoms with E-state index in [0.29, 0.717) is 33.7 Å². The Hall–Kier alpha value is -3.61. The molecule has 1 unspecified atom stereocenters. The smallest absolute Gasteiger partial charge is 0.176 e. The van der Waals surface area contributed by atoms with Crippen LogP contribution in [0.4, 0.5) is 15.9 Å². The molecule has 40 heavy (non-hydrogen) atoms. The summed E-state index contributed by atoms with van der Waals surface area (Å²) >= 11 is 3.55. The van der Waals surface area contributed by atoms with E-state index in [0.717, 1.165) is 16.6 Å². The number of nitrogens with zero attached hydrogens (tertiary/aromatic N) is 3. The zero-order chi connectivity index (χ0) is 28.2. The minimum absolute atomic E-state index is 0.0598. The van der Waals surface area contributed by atoms with Crippen LogP contribution in [0, 0.1) is 5.82 Å². The highest BCUT2D eigenvalue weighted by molar-refractivity contribution is 9.10. The highest BCUT2D eigenvalue weighted by Crippen LogP contribution is 2.36. The Morgan fingerprint density at radius 1 is 1.15 bits per heavy atom. The first-order valence-corrected chi connectivity index (χ1v) is 15.2. The van der Waals surface area contributed by atoms with Crippen LogP contribution in [0.3, 0.4) is 0 Å². The minimum atomic E-state index is -3.14. The topological polar surface area (TPSA) is 113 Å². The molecule has 208 valence electrons. The second-order valence-corrected chi connectivity index (χ2v) is 12.5. The fraction of sp³-hybridized carbons (Fsp3) is 0.250. The number of aromatic nitrogens is 3. The van der Waals surface area contributed by atoms with Gasteiger partial charge in [-0.3, -0.25) is 4.98 Å². The molecule has 12 heteroatoms. The third-order valence-corrected chi connectivity index (χ3v) is 7.77. The Bertz CT molecular complexity index is 1660. The number of hydrogen-bond donors (Lipinski definition) is 1. The van der Waals surface area contributed by atoms with Gasteiger partial charge in [-0.1, -0.05) is 12.1 Å². The molecule has 0 aliphatic carbocycles. The normalized spacial score (nSPS) is 16.7. The van der Waals surface area contributed by atoms with Gasteiger partial charge >= 0.3 is 0 Å². The number of halogens is 2. The van der Waals surface area contributed by atoms with Crippen LogP contribution >= 0.6 is 15.9 Å². The van der Waals surface area contributed by atoms with E-state index in [1.165, 1.54) is 24.7 Å². The number of pyridine rings is 1. The zero-order valence-electron chi connectivity index (χ0n) is 21.5. The lowest BCUT2D eigenvalue weighted by molar-refractivity contribution is -0.0446. The maximum Gasteiger partial charge on any atom is 0.176 e. The van der Waals surface area contributed by atoms with E-state index in [4.69, 9.17) is 14.2 Å². The fourth-order valence-electron chi connectivity index (χ4n) is 4.17. The first-order chi connectivity index (χ1) is 19.2. The second-order valence-electron chi connectivity index (χ2n) is 9.37. The number of benzene rings is 2. The van der Waals surface area contributed by atoms with Gasteiger partial charge < -0.3 is 19.5 Å². The van der Waals surface area contributed by atoms with Crippen molar-refractivity contribution in [3.63, 3.8) is 0 Å². The van der Waals surface area contributed by atoms with Crippen molar-refractivity contribution in [3.05, 3.63) is 94.9 Å². The van der Waals surface area contributed by atoms with Crippen LogP contribution in [0.25, 0.3) is 10.9 Å². The van der Waals surface area contributed by atoms with Gasteiger partial charge in [-0.05, 0) is 64.0 Å². The molecule has 2 aromatic carbocycles. The summed E-state index contributed by atoms with van der Waals surface area (Å²) in [6.45, 7) is 0.422. The summed E-state index contributed by atoms with van der Waals surface area (Å²) < 4.78 is 54.6. The van der Waals surface area contributed by atoms with Gasteiger partial charge in [0.1, 0.15) is 40.2 Å². The third-order valence-electron chi connectivity index (χ3n) is 6.24. The van der Waals surface area contributed by atoms with Gasteiger partial charge in [0.05, 0.1) is 47.1 Å². The molecule has 0 spiro atoms. The molecule has 2 aromatic heterocycles. The quantitative estimate of drug-likeness (QED) is 0.217. The molecule has 1 aliphatic rings. The van der Waals surface area contributed by atoms with Crippen molar-refractivity contribution in [2.24, 2.45) is 0 Å². The fourth-order valence-corrected chi connectivity index (χ4v) is 5.09. The zero-order valence-corrected chi connectivity index (χ0v) is 23.9. The highest BCUT2D eigenvalue weighted by atomic mass is 79.9. The second kappa shape index (κ2) is 11.9. The average Bonchev–Trinajstić information content (AvgIpc) is 3.40. The first kappa shape index (κ1) is 27.9. The van der Waals surface area contributed by atoms with Crippen LogP contribution in [0.1, 0.15) is 17.7 Å². The van der Waals surface area contributed by atoms with Gasteiger partial charge in [-0.25, -0.2) is 22.8 Å². The number of rotatable bonds is 11. The molecular weight excluding hydrogens is 603 g/mol. The molecule has 0 amide bonds. The van der Waals surface area contributed by atoms with Crippen LogP contribution in [0.5, 0.6) is 5.75 Å². The number of anilines is 2. The molecule has 0 saturated carbocycles. The molecule has 1 N–H and O–H groups in total. The van der Waals surface area contributed by atoms with Crippen molar-refractivity contribution in [2.45, 2.75) is 18.6 Å². The van der Waals surface area contributed by atoms with E-state index in [-0.39, 0.29) is 31.4 Å². The summed E-state index contributed by atoms with van der Waals surface area (Å²) in [5, 5.41) is 4.05. The monoisotopic (exact) mass is 628 g/mol. The van der Waals surface area contributed by atoms with Gasteiger partial charge in [0.25, 0.3) is 0 Å². The number of nitrogens with one attached hydrogen (secondary N) is 1. The van der Waals surface area contributed by atoms with Gasteiger partial charge in [-0.2, -0.15) is 0 Å². The van der Waals surface area contributed by atoms with Crippen molar-refractivity contribution in [2.75, 3.05) is 30.5 Å². The van der Waals surface area contributed by atoms with Gasteiger partial charge in [-0.15, -0.1) is 0 Å². The first-order valence-electron chi connectivity index (χ1n) is 12.3. The van der Waals surface area contributed by atoms with Crippen LogP contribution in [0.15, 0.2) is 77.9 Å². The van der Waals surface area contributed by atoms with E-state index in [1.807, 2.05) is 30.3 Å². The van der Waals surface area contributed by atoms with Gasteiger partial charge in [0, 0.05) is 23.8 Å². The van der Waals surface area contributed by atoms with Crippen molar-refractivity contribution in [1.82, 2.24) is 15.0 Å². The molecule has 0 fully saturated rings.